The van der Waals surface area contributed by atoms with Crippen molar-refractivity contribution in [1.29, 1.82) is 0 Å². The molecular weight excluding hydrogens is 467 g/mol. The molecule has 1 fully saturated rings. The Morgan fingerprint density at radius 1 is 1.11 bits per heavy atom. The van der Waals surface area contributed by atoms with E-state index in [0.717, 1.165) is 49.2 Å². The number of halogens is 1. The van der Waals surface area contributed by atoms with E-state index < -0.39 is 11.9 Å². The smallest absolute Gasteiger partial charge is 0.328 e. The lowest BCUT2D eigenvalue weighted by Crippen LogP contribution is -2.34. The second-order valence-corrected chi connectivity index (χ2v) is 8.53. The molecule has 0 saturated carbocycles. The maximum Gasteiger partial charge on any atom is 0.328 e. The molecule has 192 valence electrons. The number of hydrogen-bond acceptors (Lipinski definition) is 6. The maximum absolute atomic E-state index is 13.4. The minimum atomic E-state index is -1.26. The third kappa shape index (κ3) is 7.64. The Kier molecular flexibility index (Phi) is 10.00. The Morgan fingerprint density at radius 2 is 1.81 bits per heavy atom. The van der Waals surface area contributed by atoms with Gasteiger partial charge in [0.2, 0.25) is 0 Å². The molecule has 2 aromatic carbocycles. The molecule has 4 rings (SSSR count). The second-order valence-electron chi connectivity index (χ2n) is 8.53. The van der Waals surface area contributed by atoms with E-state index in [1.807, 2.05) is 12.1 Å². The number of piperidine rings is 1. The number of aromatic nitrogens is 1. The Morgan fingerprint density at radius 3 is 2.47 bits per heavy atom. The number of nitrogens with zero attached hydrogens (tertiary/aromatic N) is 2. The Hall–Kier alpha value is -3.72. The predicted molar refractivity (Wildman–Crippen MR) is 132 cm³/mol. The summed E-state index contributed by atoms with van der Waals surface area (Å²) in [7, 11) is 1.74. The summed E-state index contributed by atoms with van der Waals surface area (Å²) in [5, 5.41) is 20.7. The molecule has 0 aliphatic carbocycles. The number of likely N-dealkylation sites (tertiary alicyclic amines) is 1. The fraction of sp³-hybridized carbons (Fsp3) is 0.370. The number of aliphatic carboxylic acids is 2. The lowest BCUT2D eigenvalue weighted by Gasteiger charge is -2.35. The second kappa shape index (κ2) is 13.4. The van der Waals surface area contributed by atoms with Crippen LogP contribution in [0.2, 0.25) is 0 Å². The zero-order chi connectivity index (χ0) is 25.9. The zero-order valence-corrected chi connectivity index (χ0v) is 20.2. The number of aryl methyl sites for hydroxylation is 1. The van der Waals surface area contributed by atoms with Gasteiger partial charge in [-0.15, -0.1) is 0 Å². The Bertz CT molecular complexity index is 1170. The van der Waals surface area contributed by atoms with Crippen molar-refractivity contribution in [2.75, 3.05) is 20.2 Å². The number of fused-ring (bicyclic) bond motifs is 1. The molecule has 0 radical (unpaired) electrons. The highest BCUT2D eigenvalue weighted by molar-refractivity contribution is 5.89. The fourth-order valence-electron chi connectivity index (χ4n) is 4.46. The van der Waals surface area contributed by atoms with Crippen LogP contribution in [0.4, 0.5) is 4.39 Å². The minimum absolute atomic E-state index is 0.295. The van der Waals surface area contributed by atoms with Crippen molar-refractivity contribution in [3.8, 4) is 5.75 Å². The molecule has 3 aromatic rings. The van der Waals surface area contributed by atoms with Crippen LogP contribution < -0.4 is 4.74 Å². The molecule has 0 amide bonds. The molecule has 1 atom stereocenters. The molecule has 1 aromatic heterocycles. The van der Waals surface area contributed by atoms with Crippen LogP contribution in [0.15, 0.2) is 59.1 Å². The van der Waals surface area contributed by atoms with Crippen LogP contribution in [-0.2, 0) is 16.0 Å². The first-order chi connectivity index (χ1) is 17.4. The molecule has 2 N–H and O–H groups in total. The van der Waals surface area contributed by atoms with Crippen LogP contribution in [0.5, 0.6) is 5.75 Å². The Balaban J connectivity index is 0.000000392. The van der Waals surface area contributed by atoms with Crippen LogP contribution >= 0.6 is 0 Å². The van der Waals surface area contributed by atoms with Crippen molar-refractivity contribution in [2.24, 2.45) is 0 Å². The highest BCUT2D eigenvalue weighted by Gasteiger charge is 2.24. The number of carbonyl (C=O) groups is 2. The first kappa shape index (κ1) is 26.9. The maximum atomic E-state index is 13.4. The molecule has 1 aliphatic rings. The van der Waals surface area contributed by atoms with E-state index in [2.05, 4.69) is 22.2 Å². The molecule has 0 spiro atoms. The van der Waals surface area contributed by atoms with Gasteiger partial charge < -0.3 is 19.5 Å². The van der Waals surface area contributed by atoms with Gasteiger partial charge in [0, 0.05) is 35.2 Å². The molecule has 1 saturated heterocycles. The van der Waals surface area contributed by atoms with Gasteiger partial charge in [0.25, 0.3) is 0 Å². The largest absolute Gasteiger partial charge is 0.496 e. The number of rotatable bonds is 9. The van der Waals surface area contributed by atoms with Crippen LogP contribution in [0.1, 0.15) is 49.4 Å². The Labute approximate surface area is 209 Å². The van der Waals surface area contributed by atoms with Crippen LogP contribution in [0.25, 0.3) is 11.0 Å². The van der Waals surface area contributed by atoms with Crippen molar-refractivity contribution >= 4 is 22.9 Å². The summed E-state index contributed by atoms with van der Waals surface area (Å²) in [4.78, 5) is 21.7. The predicted octanol–water partition coefficient (Wildman–Crippen LogP) is 5.24. The molecule has 36 heavy (non-hydrogen) atoms. The van der Waals surface area contributed by atoms with Crippen LogP contribution in [0.3, 0.4) is 0 Å². The molecule has 1 unspecified atom stereocenters. The first-order valence-electron chi connectivity index (χ1n) is 11.9. The summed E-state index contributed by atoms with van der Waals surface area (Å²) in [6.45, 7) is 2.27. The average Bonchev–Trinajstić information content (AvgIpc) is 3.28. The van der Waals surface area contributed by atoms with Crippen molar-refractivity contribution < 1.29 is 33.5 Å². The summed E-state index contributed by atoms with van der Waals surface area (Å²) in [6, 6.07) is 13.3. The number of ether oxygens (including phenoxy) is 1. The normalized spacial score (nSPS) is 14.8. The van der Waals surface area contributed by atoms with Crippen molar-refractivity contribution in [1.82, 2.24) is 10.1 Å². The molecular formula is C27H31FN2O6. The molecule has 0 bridgehead atoms. The van der Waals surface area contributed by atoms with Gasteiger partial charge in [-0.3, -0.25) is 4.90 Å². The first-order valence-corrected chi connectivity index (χ1v) is 11.9. The number of carboxylic acids is 2. The lowest BCUT2D eigenvalue weighted by molar-refractivity contribution is -0.134. The molecule has 8 nitrogen and oxygen atoms in total. The quantitative estimate of drug-likeness (QED) is 0.385. The molecule has 1 aliphatic heterocycles. The third-order valence-electron chi connectivity index (χ3n) is 6.10. The van der Waals surface area contributed by atoms with E-state index in [-0.39, 0.29) is 5.82 Å². The van der Waals surface area contributed by atoms with Gasteiger partial charge >= 0.3 is 11.9 Å². The summed E-state index contributed by atoms with van der Waals surface area (Å²) in [6.07, 6.45) is 7.77. The van der Waals surface area contributed by atoms with E-state index in [4.69, 9.17) is 19.5 Å². The van der Waals surface area contributed by atoms with Gasteiger partial charge in [-0.1, -0.05) is 29.8 Å². The number of carboxylic acid groups (broad SMARTS) is 2. The van der Waals surface area contributed by atoms with Crippen LogP contribution in [-0.4, -0.2) is 52.4 Å². The zero-order valence-electron chi connectivity index (χ0n) is 20.2. The number of hydrogen-bond donors (Lipinski definition) is 2. The number of methoxy groups -OCH3 is 1. The molecule has 2 heterocycles. The van der Waals surface area contributed by atoms with Gasteiger partial charge in [0.05, 0.1) is 12.8 Å². The van der Waals surface area contributed by atoms with E-state index in [1.54, 1.807) is 13.2 Å². The monoisotopic (exact) mass is 498 g/mol. The standard InChI is InChI=1S/C23H27FN2O2.C4H4O4/c1-27-22-11-4-3-8-19(22)21(26-14-5-2-6-15-26)10-7-9-20-18-13-12-17(24)16-23(18)28-25-20;5-3(6)1-2-4(7)8/h3-4,8,11-13,16,21H,2,5-7,9-10,14-15H2,1H3;1-2H,(H,5,6)(H,7,8). The van der Waals surface area contributed by atoms with Crippen molar-refractivity contribution in [3.05, 3.63) is 71.7 Å². The lowest BCUT2D eigenvalue weighted by atomic mass is 9.95. The summed E-state index contributed by atoms with van der Waals surface area (Å²) in [5.74, 6) is -1.85. The van der Waals surface area contributed by atoms with E-state index >= 15 is 0 Å². The van der Waals surface area contributed by atoms with Crippen molar-refractivity contribution in [3.63, 3.8) is 0 Å². The SMILES string of the molecule is COc1ccccc1C(CCCc1noc2cc(F)ccc12)N1CCCCC1.O=C(O)C=CC(=O)O. The van der Waals surface area contributed by atoms with Gasteiger partial charge in [-0.25, -0.2) is 14.0 Å². The van der Waals surface area contributed by atoms with Gasteiger partial charge in [-0.2, -0.15) is 0 Å². The summed E-state index contributed by atoms with van der Waals surface area (Å²) >= 11 is 0. The summed E-state index contributed by atoms with van der Waals surface area (Å²) in [5.41, 5.74) is 2.69. The van der Waals surface area contributed by atoms with Crippen LogP contribution in [0, 0.1) is 5.82 Å². The van der Waals surface area contributed by atoms with E-state index in [9.17, 15) is 14.0 Å². The highest BCUT2D eigenvalue weighted by Crippen LogP contribution is 2.35. The fourth-order valence-corrected chi connectivity index (χ4v) is 4.46. The average molecular weight is 499 g/mol. The highest BCUT2D eigenvalue weighted by atomic mass is 19.1. The topological polar surface area (TPSA) is 113 Å². The minimum Gasteiger partial charge on any atom is -0.496 e. The van der Waals surface area contributed by atoms with Gasteiger partial charge in [0.15, 0.2) is 5.58 Å². The van der Waals surface area contributed by atoms with Gasteiger partial charge in [-0.05, 0) is 63.4 Å². The van der Waals surface area contributed by atoms with Gasteiger partial charge in [0.1, 0.15) is 11.6 Å². The van der Waals surface area contributed by atoms with E-state index in [1.165, 1.54) is 37.0 Å². The number of para-hydroxylation sites is 1. The van der Waals surface area contributed by atoms with Crippen molar-refractivity contribution in [2.45, 2.75) is 44.6 Å². The van der Waals surface area contributed by atoms with E-state index in [0.29, 0.717) is 23.8 Å². The molecule has 9 heteroatoms. The number of benzene rings is 2. The summed E-state index contributed by atoms with van der Waals surface area (Å²) < 4.78 is 24.3. The third-order valence-corrected chi connectivity index (χ3v) is 6.10.